The highest BCUT2D eigenvalue weighted by Crippen LogP contribution is 2.26. The second kappa shape index (κ2) is 5.52. The van der Waals surface area contributed by atoms with E-state index in [1.54, 1.807) is 6.92 Å². The lowest BCUT2D eigenvalue weighted by Gasteiger charge is -2.06. The zero-order valence-corrected chi connectivity index (χ0v) is 10.2. The summed E-state index contributed by atoms with van der Waals surface area (Å²) in [5, 5.41) is 18.3. The first-order valence-electron chi connectivity index (χ1n) is 4.65. The van der Waals surface area contributed by atoms with E-state index in [1.807, 2.05) is 6.07 Å². The van der Waals surface area contributed by atoms with Crippen molar-refractivity contribution < 1.29 is 14.6 Å². The maximum atomic E-state index is 11.3. The number of esters is 1. The highest BCUT2D eigenvalue weighted by Gasteiger charge is 2.13. The number of hydrogen-bond donors (Lipinski definition) is 1. The Labute approximate surface area is 102 Å². The Morgan fingerprint density at radius 1 is 1.62 bits per heavy atom. The number of aromatic hydroxyl groups is 1. The molecule has 0 aromatic heterocycles. The van der Waals surface area contributed by atoms with E-state index >= 15 is 0 Å². The molecule has 1 aromatic rings. The van der Waals surface area contributed by atoms with Gasteiger partial charge in [0.2, 0.25) is 0 Å². The van der Waals surface area contributed by atoms with Crippen molar-refractivity contribution in [2.45, 2.75) is 13.3 Å². The molecule has 0 amide bonds. The number of carbonyl (C=O) groups excluding carboxylic acids is 1. The van der Waals surface area contributed by atoms with Crippen molar-refractivity contribution in [1.29, 1.82) is 5.26 Å². The third-order valence-corrected chi connectivity index (χ3v) is 2.53. The third-order valence-electron chi connectivity index (χ3n) is 1.91. The number of ether oxygens (including phenoxy) is 1. The predicted octanol–water partition coefficient (Wildman–Crippen LogP) is 2.13. The minimum absolute atomic E-state index is 0.00479. The fraction of sp³-hybridized carbons (Fsp3) is 0.273. The zero-order chi connectivity index (χ0) is 12.1. The molecule has 0 saturated carbocycles. The number of phenolic OH excluding ortho intramolecular Hbond substituents is 1. The van der Waals surface area contributed by atoms with Gasteiger partial charge in [0.15, 0.2) is 0 Å². The highest BCUT2D eigenvalue weighted by atomic mass is 79.9. The Kier molecular flexibility index (Phi) is 4.32. The SMILES string of the molecule is CCOC(=O)Cc1cc(O)cc(Br)c1C#N. The second-order valence-corrected chi connectivity index (χ2v) is 3.91. The number of rotatable bonds is 3. The minimum Gasteiger partial charge on any atom is -0.508 e. The molecule has 0 spiro atoms. The number of carbonyl (C=O) groups is 1. The summed E-state index contributed by atoms with van der Waals surface area (Å²) >= 11 is 3.15. The lowest BCUT2D eigenvalue weighted by Crippen LogP contribution is -2.08. The summed E-state index contributed by atoms with van der Waals surface area (Å²) in [5.41, 5.74) is 0.790. The first-order valence-corrected chi connectivity index (χ1v) is 5.45. The van der Waals surface area contributed by atoms with Gasteiger partial charge in [0, 0.05) is 4.47 Å². The summed E-state index contributed by atoms with van der Waals surface area (Å²) in [6, 6.07) is 4.77. The van der Waals surface area contributed by atoms with Crippen LogP contribution in [0.5, 0.6) is 5.75 Å². The summed E-state index contributed by atoms with van der Waals surface area (Å²) in [6.45, 7) is 2.00. The number of halogens is 1. The molecular formula is C11H10BrNO3. The summed E-state index contributed by atoms with van der Waals surface area (Å²) in [4.78, 5) is 11.3. The van der Waals surface area contributed by atoms with Crippen LogP contribution in [0, 0.1) is 11.3 Å². The van der Waals surface area contributed by atoms with Crippen LogP contribution in [0.2, 0.25) is 0 Å². The van der Waals surface area contributed by atoms with Gasteiger partial charge in [-0.25, -0.2) is 0 Å². The smallest absolute Gasteiger partial charge is 0.310 e. The Morgan fingerprint density at radius 2 is 2.31 bits per heavy atom. The van der Waals surface area contributed by atoms with Crippen molar-refractivity contribution in [1.82, 2.24) is 0 Å². The molecule has 16 heavy (non-hydrogen) atoms. The van der Waals surface area contributed by atoms with Gasteiger partial charge in [-0.2, -0.15) is 5.26 Å². The molecule has 0 bridgehead atoms. The molecule has 0 fully saturated rings. The Hall–Kier alpha value is -1.54. The fourth-order valence-electron chi connectivity index (χ4n) is 1.28. The lowest BCUT2D eigenvalue weighted by molar-refractivity contribution is -0.142. The Morgan fingerprint density at radius 3 is 2.88 bits per heavy atom. The molecule has 0 unspecified atom stereocenters. The van der Waals surface area contributed by atoms with E-state index in [-0.39, 0.29) is 12.2 Å². The van der Waals surface area contributed by atoms with Crippen molar-refractivity contribution in [3.8, 4) is 11.8 Å². The normalized spacial score (nSPS) is 9.56. The summed E-state index contributed by atoms with van der Waals surface area (Å²) in [6.07, 6.45) is -0.0241. The van der Waals surface area contributed by atoms with Crippen LogP contribution in [-0.4, -0.2) is 17.7 Å². The fourth-order valence-corrected chi connectivity index (χ4v) is 1.86. The number of benzene rings is 1. The van der Waals surface area contributed by atoms with Gasteiger partial charge in [-0.15, -0.1) is 0 Å². The van der Waals surface area contributed by atoms with Crippen molar-refractivity contribution in [2.24, 2.45) is 0 Å². The molecule has 0 saturated heterocycles. The molecule has 0 aliphatic heterocycles. The first kappa shape index (κ1) is 12.5. The van der Waals surface area contributed by atoms with Crippen LogP contribution in [-0.2, 0) is 16.0 Å². The van der Waals surface area contributed by atoms with Crippen LogP contribution in [0.1, 0.15) is 18.1 Å². The Balaban J connectivity index is 3.04. The van der Waals surface area contributed by atoms with Gasteiger partial charge < -0.3 is 9.84 Å². The van der Waals surface area contributed by atoms with Crippen molar-refractivity contribution in [3.63, 3.8) is 0 Å². The summed E-state index contributed by atoms with van der Waals surface area (Å²) in [5.74, 6) is -0.415. The van der Waals surface area contributed by atoms with Crippen LogP contribution in [0.15, 0.2) is 16.6 Å². The highest BCUT2D eigenvalue weighted by molar-refractivity contribution is 9.10. The minimum atomic E-state index is -0.420. The van der Waals surface area contributed by atoms with Crippen LogP contribution >= 0.6 is 15.9 Å². The molecule has 1 rings (SSSR count). The summed E-state index contributed by atoms with van der Waals surface area (Å²) in [7, 11) is 0. The van der Waals surface area contributed by atoms with E-state index in [9.17, 15) is 9.90 Å². The first-order chi connectivity index (χ1) is 7.58. The molecule has 4 nitrogen and oxygen atoms in total. The molecule has 84 valence electrons. The van der Waals surface area contributed by atoms with Gasteiger partial charge in [0.05, 0.1) is 18.6 Å². The second-order valence-electron chi connectivity index (χ2n) is 3.06. The number of nitriles is 1. The van der Waals surface area contributed by atoms with E-state index in [2.05, 4.69) is 15.9 Å². The molecule has 0 atom stereocenters. The van der Waals surface area contributed by atoms with Gasteiger partial charge in [0.25, 0.3) is 0 Å². The number of hydrogen-bond acceptors (Lipinski definition) is 4. The van der Waals surface area contributed by atoms with E-state index in [4.69, 9.17) is 10.00 Å². The zero-order valence-electron chi connectivity index (χ0n) is 8.66. The largest absolute Gasteiger partial charge is 0.508 e. The third kappa shape index (κ3) is 2.97. The van der Waals surface area contributed by atoms with Gasteiger partial charge in [-0.05, 0) is 40.5 Å². The van der Waals surface area contributed by atoms with Gasteiger partial charge in [-0.3, -0.25) is 4.79 Å². The average Bonchev–Trinajstić information content (AvgIpc) is 2.17. The van der Waals surface area contributed by atoms with E-state index in [0.29, 0.717) is 22.2 Å². The topological polar surface area (TPSA) is 70.3 Å². The molecule has 0 aliphatic carbocycles. The molecule has 0 radical (unpaired) electrons. The summed E-state index contributed by atoms with van der Waals surface area (Å²) < 4.78 is 5.25. The van der Waals surface area contributed by atoms with Crippen molar-refractivity contribution in [2.75, 3.05) is 6.61 Å². The molecular weight excluding hydrogens is 274 g/mol. The van der Waals surface area contributed by atoms with Crippen LogP contribution in [0.25, 0.3) is 0 Å². The standard InChI is InChI=1S/C11H10BrNO3/c1-2-16-11(15)4-7-3-8(14)5-10(12)9(7)6-13/h3,5,14H,2,4H2,1H3. The predicted molar refractivity (Wildman–Crippen MR) is 60.9 cm³/mol. The van der Waals surface area contributed by atoms with E-state index in [1.165, 1.54) is 12.1 Å². The average molecular weight is 284 g/mol. The van der Waals surface area contributed by atoms with E-state index in [0.717, 1.165) is 0 Å². The van der Waals surface area contributed by atoms with Crippen LogP contribution in [0.3, 0.4) is 0 Å². The quantitative estimate of drug-likeness (QED) is 0.863. The van der Waals surface area contributed by atoms with Crippen LogP contribution < -0.4 is 0 Å². The van der Waals surface area contributed by atoms with Gasteiger partial charge in [-0.1, -0.05) is 0 Å². The number of nitrogens with zero attached hydrogens (tertiary/aromatic N) is 1. The van der Waals surface area contributed by atoms with E-state index < -0.39 is 5.97 Å². The maximum Gasteiger partial charge on any atom is 0.310 e. The van der Waals surface area contributed by atoms with Gasteiger partial charge >= 0.3 is 5.97 Å². The number of phenols is 1. The maximum absolute atomic E-state index is 11.3. The molecule has 1 N–H and O–H groups in total. The van der Waals surface area contributed by atoms with Gasteiger partial charge in [0.1, 0.15) is 11.8 Å². The molecule has 5 heteroatoms. The molecule has 0 heterocycles. The molecule has 0 aliphatic rings. The van der Waals surface area contributed by atoms with Crippen molar-refractivity contribution in [3.05, 3.63) is 27.7 Å². The van der Waals surface area contributed by atoms with Crippen molar-refractivity contribution >= 4 is 21.9 Å². The molecule has 1 aromatic carbocycles. The lowest BCUT2D eigenvalue weighted by atomic mass is 10.1. The Bertz CT molecular complexity index is 451. The monoisotopic (exact) mass is 283 g/mol. The van der Waals surface area contributed by atoms with Crippen LogP contribution in [0.4, 0.5) is 0 Å².